The van der Waals surface area contributed by atoms with E-state index in [9.17, 15) is 15.0 Å². The first kappa shape index (κ1) is 16.9. The summed E-state index contributed by atoms with van der Waals surface area (Å²) in [6, 6.07) is 9.57. The lowest BCUT2D eigenvalue weighted by Gasteiger charge is -2.36. The van der Waals surface area contributed by atoms with Crippen molar-refractivity contribution >= 4 is 17.7 Å². The molecule has 0 aromatic heterocycles. The summed E-state index contributed by atoms with van der Waals surface area (Å²) in [6.45, 7) is 4.08. The molecular weight excluding hydrogens is 354 g/mol. The third-order valence-corrected chi connectivity index (χ3v) is 5.67. The molecule has 2 aliphatic heterocycles. The normalized spacial score (nSPS) is 21.5. The topological polar surface area (TPSA) is 94.6 Å². The van der Waals surface area contributed by atoms with E-state index in [1.165, 1.54) is 6.20 Å². The second kappa shape index (κ2) is 5.61. The number of carbonyl (C=O) groups excluding carboxylic acids is 1. The molecule has 0 spiro atoms. The van der Waals surface area contributed by atoms with Crippen LogP contribution in [0, 0.1) is 5.41 Å². The summed E-state index contributed by atoms with van der Waals surface area (Å²) in [6.07, 6.45) is 2.47. The number of fused-ring (bicyclic) bond motifs is 2. The van der Waals surface area contributed by atoms with Crippen molar-refractivity contribution in [3.05, 3.63) is 63.3 Å². The Labute approximate surface area is 161 Å². The van der Waals surface area contributed by atoms with E-state index in [-0.39, 0.29) is 33.7 Å². The molecule has 2 aromatic carbocycles. The molecule has 5 rings (SSSR count). The molecule has 140 valence electrons. The molecule has 0 fully saturated rings. The van der Waals surface area contributed by atoms with Gasteiger partial charge in [0.05, 0.1) is 11.4 Å². The fourth-order valence-corrected chi connectivity index (χ4v) is 4.48. The predicted octanol–water partition coefficient (Wildman–Crippen LogP) is 3.34. The van der Waals surface area contributed by atoms with Crippen LogP contribution in [0.4, 0.5) is 5.69 Å². The number of hydrogen-bond donors (Lipinski definition) is 2. The molecule has 0 bridgehead atoms. The van der Waals surface area contributed by atoms with Crippen LogP contribution in [0.1, 0.15) is 43.7 Å². The van der Waals surface area contributed by atoms with Crippen LogP contribution >= 0.6 is 0 Å². The van der Waals surface area contributed by atoms with E-state index < -0.39 is 5.92 Å². The summed E-state index contributed by atoms with van der Waals surface area (Å²) in [5.41, 5.74) is 2.62. The van der Waals surface area contributed by atoms with Crippen LogP contribution < -0.4 is 10.6 Å². The monoisotopic (exact) mass is 373 g/mol. The van der Waals surface area contributed by atoms with Crippen LogP contribution in [0.2, 0.25) is 0 Å². The van der Waals surface area contributed by atoms with Crippen LogP contribution in [0.25, 0.3) is 6.20 Å². The van der Waals surface area contributed by atoms with E-state index in [2.05, 4.69) is 15.2 Å². The zero-order valence-corrected chi connectivity index (χ0v) is 15.6. The number of Topliss-reactive ketones (excluding diaryl/α,β-unsaturated/α-hetero) is 1. The van der Waals surface area contributed by atoms with Gasteiger partial charge in [-0.1, -0.05) is 44.2 Å². The SMILES string of the molecule is CC1(C)CC(=O)C2=C(C1)N=c1c(O)c3c(c(O)c1C2c1ccccc1)=CN=N3. The van der Waals surface area contributed by atoms with Gasteiger partial charge in [0.15, 0.2) is 11.5 Å². The average Bonchev–Trinajstić information content (AvgIpc) is 3.14. The van der Waals surface area contributed by atoms with Gasteiger partial charge >= 0.3 is 0 Å². The second-order valence-electron chi connectivity index (χ2n) is 8.32. The first-order valence-electron chi connectivity index (χ1n) is 9.26. The Kier molecular flexibility index (Phi) is 3.38. The Morgan fingerprint density at radius 2 is 1.82 bits per heavy atom. The van der Waals surface area contributed by atoms with Gasteiger partial charge in [-0.2, -0.15) is 5.11 Å². The van der Waals surface area contributed by atoms with Crippen molar-refractivity contribution in [2.24, 2.45) is 20.6 Å². The third kappa shape index (κ3) is 2.27. The van der Waals surface area contributed by atoms with Gasteiger partial charge in [-0.05, 0) is 17.4 Å². The van der Waals surface area contributed by atoms with Gasteiger partial charge < -0.3 is 10.2 Å². The van der Waals surface area contributed by atoms with E-state index in [0.29, 0.717) is 34.9 Å². The number of phenols is 2. The number of allylic oxidation sites excluding steroid dienone is 2. The molecule has 3 aliphatic rings. The first-order chi connectivity index (χ1) is 13.4. The number of hydrogen-bond acceptors (Lipinski definition) is 6. The minimum absolute atomic E-state index is 0.0328. The molecule has 2 heterocycles. The zero-order valence-electron chi connectivity index (χ0n) is 15.6. The number of nitrogens with zero attached hydrogens (tertiary/aromatic N) is 3. The fourth-order valence-electron chi connectivity index (χ4n) is 4.48. The molecule has 28 heavy (non-hydrogen) atoms. The molecule has 1 aliphatic carbocycles. The number of rotatable bonds is 1. The highest BCUT2D eigenvalue weighted by Crippen LogP contribution is 2.47. The van der Waals surface area contributed by atoms with E-state index in [1.54, 1.807) is 0 Å². The zero-order chi connectivity index (χ0) is 19.6. The molecule has 0 amide bonds. The number of carbonyl (C=O) groups is 1. The minimum Gasteiger partial charge on any atom is -0.507 e. The Morgan fingerprint density at radius 3 is 2.57 bits per heavy atom. The molecule has 2 N–H and O–H groups in total. The van der Waals surface area contributed by atoms with E-state index >= 15 is 0 Å². The molecule has 6 nitrogen and oxygen atoms in total. The average molecular weight is 373 g/mol. The van der Waals surface area contributed by atoms with Gasteiger partial charge in [0.25, 0.3) is 0 Å². The highest BCUT2D eigenvalue weighted by Gasteiger charge is 2.41. The lowest BCUT2D eigenvalue weighted by atomic mass is 9.69. The minimum atomic E-state index is -0.488. The van der Waals surface area contributed by atoms with Crippen molar-refractivity contribution in [3.8, 4) is 11.5 Å². The molecule has 0 saturated carbocycles. The highest BCUT2D eigenvalue weighted by molar-refractivity contribution is 6.00. The lowest BCUT2D eigenvalue weighted by Crippen LogP contribution is -2.34. The first-order valence-corrected chi connectivity index (χ1v) is 9.26. The van der Waals surface area contributed by atoms with Gasteiger partial charge in [0.2, 0.25) is 0 Å². The Morgan fingerprint density at radius 1 is 1.07 bits per heavy atom. The van der Waals surface area contributed by atoms with E-state index in [0.717, 1.165) is 5.56 Å². The van der Waals surface area contributed by atoms with E-state index in [1.807, 2.05) is 44.2 Å². The molecule has 2 aromatic rings. The lowest BCUT2D eigenvalue weighted by molar-refractivity contribution is -0.118. The fraction of sp³-hybridized carbons (Fsp3) is 0.273. The van der Waals surface area contributed by atoms with Crippen molar-refractivity contribution in [3.63, 3.8) is 0 Å². The Bertz CT molecular complexity index is 1220. The number of benzene rings is 2. The maximum Gasteiger partial charge on any atom is 0.170 e. The van der Waals surface area contributed by atoms with Crippen LogP contribution in [0.15, 0.2) is 56.8 Å². The quantitative estimate of drug-likeness (QED) is 0.751. The molecule has 0 radical (unpaired) electrons. The molecule has 1 unspecified atom stereocenters. The van der Waals surface area contributed by atoms with Crippen molar-refractivity contribution in [1.82, 2.24) is 0 Å². The number of azo groups is 1. The predicted molar refractivity (Wildman–Crippen MR) is 103 cm³/mol. The van der Waals surface area contributed by atoms with Gasteiger partial charge in [-0.15, -0.1) is 5.11 Å². The van der Waals surface area contributed by atoms with Crippen LogP contribution in [-0.4, -0.2) is 16.0 Å². The standard InChI is InChI=1S/C22H19N3O3/c1-22(2)8-13-16(14(26)9-22)15(11-6-4-3-5-7-11)17-19(24-13)21(28)18-12(20(17)27)10-23-25-18/h3-7,10,15,27-28H,8-9H2,1-2H3. The van der Waals surface area contributed by atoms with Gasteiger partial charge in [0.1, 0.15) is 16.8 Å². The molecule has 1 atom stereocenters. The molecular formula is C22H19N3O3. The number of phenolic OH excluding ortho intramolecular Hbond substituents is 2. The third-order valence-electron chi connectivity index (χ3n) is 5.67. The summed E-state index contributed by atoms with van der Waals surface area (Å²) >= 11 is 0. The van der Waals surface area contributed by atoms with Crippen molar-refractivity contribution in [2.75, 3.05) is 0 Å². The smallest absolute Gasteiger partial charge is 0.170 e. The molecule has 0 saturated heterocycles. The summed E-state index contributed by atoms with van der Waals surface area (Å²) < 4.78 is 0. The second-order valence-corrected chi connectivity index (χ2v) is 8.32. The van der Waals surface area contributed by atoms with Crippen molar-refractivity contribution in [1.29, 1.82) is 0 Å². The van der Waals surface area contributed by atoms with Crippen molar-refractivity contribution in [2.45, 2.75) is 32.6 Å². The van der Waals surface area contributed by atoms with Crippen LogP contribution in [0.3, 0.4) is 0 Å². The number of aromatic hydroxyl groups is 2. The van der Waals surface area contributed by atoms with Gasteiger partial charge in [-0.3, -0.25) is 4.79 Å². The Hall–Kier alpha value is -3.28. The Balaban J connectivity index is 1.91. The maximum atomic E-state index is 13.2. The van der Waals surface area contributed by atoms with Crippen LogP contribution in [-0.2, 0) is 4.79 Å². The maximum absolute atomic E-state index is 13.2. The summed E-state index contributed by atoms with van der Waals surface area (Å²) in [5, 5.41) is 30.3. The van der Waals surface area contributed by atoms with Gasteiger partial charge in [0, 0.05) is 29.2 Å². The van der Waals surface area contributed by atoms with Crippen LogP contribution in [0.5, 0.6) is 11.5 Å². The van der Waals surface area contributed by atoms with Crippen molar-refractivity contribution < 1.29 is 15.0 Å². The molecule has 6 heteroatoms. The summed E-state index contributed by atoms with van der Waals surface area (Å²) in [5.74, 6) is -0.594. The van der Waals surface area contributed by atoms with E-state index in [4.69, 9.17) is 0 Å². The largest absolute Gasteiger partial charge is 0.507 e. The van der Waals surface area contributed by atoms with Gasteiger partial charge in [-0.25, -0.2) is 4.99 Å². The number of ketones is 1. The summed E-state index contributed by atoms with van der Waals surface area (Å²) in [4.78, 5) is 17.8. The highest BCUT2D eigenvalue weighted by atomic mass is 16.3. The summed E-state index contributed by atoms with van der Waals surface area (Å²) in [7, 11) is 0.